The van der Waals surface area contributed by atoms with E-state index in [1.807, 2.05) is 6.92 Å². The molecule has 0 amide bonds. The first-order valence-corrected chi connectivity index (χ1v) is 13.1. The first kappa shape index (κ1) is 22.8. The largest absolute Gasteiger partial charge is 0.396 e. The fourth-order valence-electron chi connectivity index (χ4n) is 10.2. The predicted octanol–water partition coefficient (Wildman–Crippen LogP) is 6.61. The van der Waals surface area contributed by atoms with E-state index < -0.39 is 0 Å². The van der Waals surface area contributed by atoms with Crippen molar-refractivity contribution in [1.29, 1.82) is 0 Å². The highest BCUT2D eigenvalue weighted by Gasteiger charge is 2.64. The van der Waals surface area contributed by atoms with Gasteiger partial charge in [0.15, 0.2) is 0 Å². The Morgan fingerprint density at radius 3 is 2.20 bits per heavy atom. The summed E-state index contributed by atoms with van der Waals surface area (Å²) in [5, 5.41) is 20.8. The quantitative estimate of drug-likeness (QED) is 0.472. The number of rotatable bonds is 1. The molecule has 10 atom stereocenters. The molecule has 30 heavy (non-hydrogen) atoms. The van der Waals surface area contributed by atoms with Gasteiger partial charge in [-0.1, -0.05) is 33.3 Å². The van der Waals surface area contributed by atoms with Crippen LogP contribution >= 0.6 is 0 Å². The maximum absolute atomic E-state index is 10.5. The highest BCUT2D eigenvalue weighted by atomic mass is 16.3. The van der Waals surface area contributed by atoms with Gasteiger partial charge in [-0.25, -0.2) is 0 Å². The lowest BCUT2D eigenvalue weighted by Crippen LogP contribution is -2.61. The molecule has 0 saturated heterocycles. The molecule has 0 aromatic carbocycles. The number of hydrogen-bond acceptors (Lipinski definition) is 2. The van der Waals surface area contributed by atoms with Gasteiger partial charge in [0, 0.05) is 6.61 Å². The predicted molar refractivity (Wildman–Crippen MR) is 125 cm³/mol. The van der Waals surface area contributed by atoms with E-state index in [-0.39, 0.29) is 11.5 Å². The average Bonchev–Trinajstić information content (AvgIpc) is 3.16. The lowest BCUT2D eigenvalue weighted by atomic mass is 9.37. The molecule has 5 aliphatic carbocycles. The maximum atomic E-state index is 10.5. The van der Waals surface area contributed by atoms with E-state index in [1.54, 1.807) is 6.08 Å². The Morgan fingerprint density at radius 2 is 1.50 bits per heavy atom. The smallest absolute Gasteiger partial charge is 0.0568 e. The molecule has 2 N–H and O–H groups in total. The number of fused-ring (bicyclic) bond motifs is 7. The van der Waals surface area contributed by atoms with Crippen LogP contribution in [0, 0.1) is 51.8 Å². The molecule has 2 nitrogen and oxygen atoms in total. The normalized spacial score (nSPS) is 54.5. The van der Waals surface area contributed by atoms with Crippen molar-refractivity contribution in [2.75, 3.05) is 6.61 Å². The number of aliphatic hydroxyl groups excluding tert-OH is 2. The Kier molecular flexibility index (Phi) is 6.26. The molecule has 0 heterocycles. The van der Waals surface area contributed by atoms with Crippen molar-refractivity contribution in [3.05, 3.63) is 12.7 Å². The van der Waals surface area contributed by atoms with Crippen LogP contribution in [0.25, 0.3) is 0 Å². The van der Waals surface area contributed by atoms with Gasteiger partial charge in [-0.05, 0) is 123 Å². The molecule has 0 radical (unpaired) electrons. The van der Waals surface area contributed by atoms with Crippen LogP contribution in [-0.2, 0) is 0 Å². The van der Waals surface area contributed by atoms with Crippen LogP contribution < -0.4 is 0 Å². The molecule has 0 aromatic heterocycles. The van der Waals surface area contributed by atoms with Crippen LogP contribution in [0.5, 0.6) is 0 Å². The van der Waals surface area contributed by atoms with E-state index in [4.69, 9.17) is 0 Å². The molecule has 5 fully saturated rings. The Hall–Kier alpha value is -0.340. The van der Waals surface area contributed by atoms with Gasteiger partial charge in [0.2, 0.25) is 0 Å². The van der Waals surface area contributed by atoms with Gasteiger partial charge in [-0.3, -0.25) is 0 Å². The topological polar surface area (TPSA) is 40.5 Å². The minimum Gasteiger partial charge on any atom is -0.396 e. The molecule has 0 aromatic rings. The molecular weight excluding hydrogens is 368 g/mol. The van der Waals surface area contributed by atoms with Crippen LogP contribution in [-0.4, -0.2) is 22.9 Å². The maximum Gasteiger partial charge on any atom is 0.0568 e. The van der Waals surface area contributed by atoms with Crippen molar-refractivity contribution >= 4 is 0 Å². The first-order chi connectivity index (χ1) is 14.3. The molecule has 172 valence electrons. The molecular formula is C28H48O2. The summed E-state index contributed by atoms with van der Waals surface area (Å²) in [6.07, 6.45) is 16.2. The van der Waals surface area contributed by atoms with Gasteiger partial charge in [0.25, 0.3) is 0 Å². The second-order valence-electron chi connectivity index (χ2n) is 12.5. The molecule has 5 aliphatic rings. The van der Waals surface area contributed by atoms with Crippen LogP contribution in [0.4, 0.5) is 0 Å². The van der Waals surface area contributed by atoms with Crippen LogP contribution in [0.3, 0.4) is 0 Å². The van der Waals surface area contributed by atoms with Crippen LogP contribution in [0.15, 0.2) is 12.7 Å². The average molecular weight is 417 g/mol. The lowest BCUT2D eigenvalue weighted by molar-refractivity contribution is -0.197. The molecule has 0 spiro atoms. The Balaban J connectivity index is 0.000000687. The molecule has 10 unspecified atom stereocenters. The van der Waals surface area contributed by atoms with Gasteiger partial charge in [0.05, 0.1) is 6.10 Å². The Morgan fingerprint density at radius 1 is 0.867 bits per heavy atom. The highest BCUT2D eigenvalue weighted by Crippen LogP contribution is 2.71. The van der Waals surface area contributed by atoms with Crippen LogP contribution in [0.2, 0.25) is 0 Å². The van der Waals surface area contributed by atoms with Gasteiger partial charge in [-0.2, -0.15) is 0 Å². The summed E-state index contributed by atoms with van der Waals surface area (Å²) in [5.74, 6) is 4.62. The third kappa shape index (κ3) is 3.18. The standard InChI is InChI=1S/C25H42O2.C3H6/c1-16-18-8-12-24(3)19-9-14-25(15-26)11-4-5-20(25)17(19)6-7-22(24)23(18,2)13-10-21(16)27;1-3-2/h16-22,26-27H,4-15H2,1-3H3;3H,1H2,2H3. The van der Waals surface area contributed by atoms with Crippen molar-refractivity contribution in [1.82, 2.24) is 0 Å². The Labute approximate surface area is 185 Å². The van der Waals surface area contributed by atoms with E-state index in [2.05, 4.69) is 27.4 Å². The fourth-order valence-corrected chi connectivity index (χ4v) is 10.2. The van der Waals surface area contributed by atoms with E-state index in [0.29, 0.717) is 23.4 Å². The van der Waals surface area contributed by atoms with Crippen LogP contribution in [0.1, 0.15) is 98.3 Å². The van der Waals surface area contributed by atoms with Crippen molar-refractivity contribution in [3.8, 4) is 0 Å². The SMILES string of the molecule is C=CC.CC1C(O)CCC2(C)C1CCC1(C)C3CCC4(CO)CCCC4C3CCC21. The summed E-state index contributed by atoms with van der Waals surface area (Å²) in [6.45, 7) is 13.3. The minimum atomic E-state index is -0.0675. The third-order valence-electron chi connectivity index (χ3n) is 11.6. The summed E-state index contributed by atoms with van der Waals surface area (Å²) in [5.41, 5.74) is 1.23. The number of hydrogen-bond donors (Lipinski definition) is 2. The second-order valence-corrected chi connectivity index (χ2v) is 12.5. The van der Waals surface area contributed by atoms with Crippen molar-refractivity contribution in [2.45, 2.75) is 104 Å². The van der Waals surface area contributed by atoms with Gasteiger partial charge < -0.3 is 10.2 Å². The zero-order valence-corrected chi connectivity index (χ0v) is 20.2. The van der Waals surface area contributed by atoms with Crippen molar-refractivity contribution in [2.24, 2.45) is 51.8 Å². The van der Waals surface area contributed by atoms with E-state index in [9.17, 15) is 10.2 Å². The number of allylic oxidation sites excluding steroid dienone is 1. The second kappa shape index (κ2) is 8.22. The van der Waals surface area contributed by atoms with E-state index in [0.717, 1.165) is 36.0 Å². The third-order valence-corrected chi connectivity index (χ3v) is 11.6. The zero-order valence-electron chi connectivity index (χ0n) is 20.2. The molecule has 0 aliphatic heterocycles. The van der Waals surface area contributed by atoms with Gasteiger partial charge in [0.1, 0.15) is 0 Å². The highest BCUT2D eigenvalue weighted by molar-refractivity contribution is 5.13. The summed E-state index contributed by atoms with van der Waals surface area (Å²) in [4.78, 5) is 0. The fraction of sp³-hybridized carbons (Fsp3) is 0.929. The summed E-state index contributed by atoms with van der Waals surface area (Å²) in [6, 6.07) is 0. The monoisotopic (exact) mass is 416 g/mol. The minimum absolute atomic E-state index is 0.0675. The van der Waals surface area contributed by atoms with Gasteiger partial charge in [-0.15, -0.1) is 6.58 Å². The Bertz CT molecular complexity index is 630. The molecule has 2 heteroatoms. The lowest BCUT2D eigenvalue weighted by Gasteiger charge is -2.67. The zero-order chi connectivity index (χ0) is 21.7. The van der Waals surface area contributed by atoms with E-state index in [1.165, 1.54) is 64.2 Å². The van der Waals surface area contributed by atoms with Crippen molar-refractivity contribution < 1.29 is 10.2 Å². The van der Waals surface area contributed by atoms with Crippen molar-refractivity contribution in [3.63, 3.8) is 0 Å². The summed E-state index contributed by atoms with van der Waals surface area (Å²) in [7, 11) is 0. The molecule has 5 rings (SSSR count). The summed E-state index contributed by atoms with van der Waals surface area (Å²) >= 11 is 0. The molecule has 5 saturated carbocycles. The molecule has 0 bridgehead atoms. The van der Waals surface area contributed by atoms with E-state index >= 15 is 0 Å². The summed E-state index contributed by atoms with van der Waals surface area (Å²) < 4.78 is 0. The van der Waals surface area contributed by atoms with Gasteiger partial charge >= 0.3 is 0 Å². The number of aliphatic hydroxyl groups is 2. The first-order valence-electron chi connectivity index (χ1n) is 13.1.